The van der Waals surface area contributed by atoms with E-state index in [-0.39, 0.29) is 23.6 Å². The maximum atomic E-state index is 12.9. The fourth-order valence-corrected chi connectivity index (χ4v) is 3.46. The third kappa shape index (κ3) is 2.75. The largest absolute Gasteiger partial charge is 0.462 e. The number of para-hydroxylation sites is 1. The zero-order chi connectivity index (χ0) is 19.0. The Bertz CT molecular complexity index is 1120. The Morgan fingerprint density at radius 3 is 2.59 bits per heavy atom. The molecule has 2 heterocycles. The van der Waals surface area contributed by atoms with Gasteiger partial charge in [-0.3, -0.25) is 4.79 Å². The molecule has 3 aromatic rings. The summed E-state index contributed by atoms with van der Waals surface area (Å²) in [5.74, 6) is -0.955. The molecular formula is C21H18N2O4. The average molecular weight is 362 g/mol. The second kappa shape index (κ2) is 6.64. The van der Waals surface area contributed by atoms with Crippen molar-refractivity contribution in [1.82, 2.24) is 4.98 Å². The molecule has 0 radical (unpaired) electrons. The van der Waals surface area contributed by atoms with E-state index in [1.807, 2.05) is 48.5 Å². The van der Waals surface area contributed by atoms with E-state index in [0.29, 0.717) is 16.8 Å². The maximum absolute atomic E-state index is 12.9. The summed E-state index contributed by atoms with van der Waals surface area (Å²) in [7, 11) is 0. The van der Waals surface area contributed by atoms with Gasteiger partial charge in [0.15, 0.2) is 0 Å². The number of fused-ring (bicyclic) bond motifs is 3. The third-order valence-electron chi connectivity index (χ3n) is 4.59. The number of pyridine rings is 1. The number of ether oxygens (including phenoxy) is 2. The van der Waals surface area contributed by atoms with E-state index >= 15 is 0 Å². The molecule has 0 saturated heterocycles. The SMILES string of the molecule is CCOC(=O)C1=C(N)Oc2c(c(=O)[nH]c3ccccc23)[C@@H]1c1ccccc1. The van der Waals surface area contributed by atoms with E-state index in [1.54, 1.807) is 13.0 Å². The van der Waals surface area contributed by atoms with E-state index in [1.165, 1.54) is 0 Å². The average Bonchev–Trinajstić information content (AvgIpc) is 2.68. The highest BCUT2D eigenvalue weighted by Gasteiger charge is 2.38. The molecule has 6 nitrogen and oxygen atoms in total. The Morgan fingerprint density at radius 2 is 1.85 bits per heavy atom. The number of aromatic nitrogens is 1. The van der Waals surface area contributed by atoms with E-state index in [9.17, 15) is 9.59 Å². The predicted octanol–water partition coefficient (Wildman–Crippen LogP) is 2.79. The van der Waals surface area contributed by atoms with Crippen molar-refractivity contribution >= 4 is 16.9 Å². The van der Waals surface area contributed by atoms with E-state index in [2.05, 4.69) is 4.98 Å². The van der Waals surface area contributed by atoms with Crippen LogP contribution in [-0.4, -0.2) is 17.6 Å². The zero-order valence-electron chi connectivity index (χ0n) is 14.7. The molecule has 6 heteroatoms. The van der Waals surface area contributed by atoms with Crippen LogP contribution in [0.25, 0.3) is 10.9 Å². The van der Waals surface area contributed by atoms with Gasteiger partial charge in [-0.1, -0.05) is 42.5 Å². The molecule has 0 fully saturated rings. The molecule has 4 rings (SSSR count). The summed E-state index contributed by atoms with van der Waals surface area (Å²) in [6.07, 6.45) is 0. The first-order valence-electron chi connectivity index (χ1n) is 8.66. The summed E-state index contributed by atoms with van der Waals surface area (Å²) in [5.41, 5.74) is 7.69. The van der Waals surface area contributed by atoms with Crippen LogP contribution >= 0.6 is 0 Å². The van der Waals surface area contributed by atoms with E-state index in [4.69, 9.17) is 15.2 Å². The number of carbonyl (C=O) groups is 1. The van der Waals surface area contributed by atoms with Crippen molar-refractivity contribution in [3.8, 4) is 5.75 Å². The standard InChI is InChI=1S/C21H18N2O4/c1-2-26-21(25)17-15(12-8-4-3-5-9-12)16-18(27-19(17)22)13-10-6-7-11-14(13)23-20(16)24/h3-11,15H,2,22H2,1H3,(H,23,24)/t15-/m0/s1. The number of hydrogen-bond acceptors (Lipinski definition) is 5. The van der Waals surface area contributed by atoms with Crippen LogP contribution in [0.5, 0.6) is 5.75 Å². The van der Waals surface area contributed by atoms with Gasteiger partial charge in [0, 0.05) is 5.39 Å². The first-order valence-corrected chi connectivity index (χ1v) is 8.66. The number of nitrogens with one attached hydrogen (secondary N) is 1. The van der Waals surface area contributed by atoms with Crippen molar-refractivity contribution in [2.24, 2.45) is 5.73 Å². The number of esters is 1. The van der Waals surface area contributed by atoms with Crippen LogP contribution < -0.4 is 16.0 Å². The summed E-state index contributed by atoms with van der Waals surface area (Å²) in [6, 6.07) is 16.6. The van der Waals surface area contributed by atoms with Crippen molar-refractivity contribution in [3.63, 3.8) is 0 Å². The molecule has 27 heavy (non-hydrogen) atoms. The molecule has 1 aliphatic heterocycles. The summed E-state index contributed by atoms with van der Waals surface area (Å²) in [5, 5.41) is 0.721. The highest BCUT2D eigenvalue weighted by Crippen LogP contribution is 2.43. The van der Waals surface area contributed by atoms with Gasteiger partial charge in [0.1, 0.15) is 11.3 Å². The lowest BCUT2D eigenvalue weighted by molar-refractivity contribution is -0.139. The minimum Gasteiger partial charge on any atom is -0.462 e. The van der Waals surface area contributed by atoms with Crippen LogP contribution in [0, 0.1) is 0 Å². The molecule has 0 aliphatic carbocycles. The van der Waals surface area contributed by atoms with Gasteiger partial charge in [-0.25, -0.2) is 4.79 Å². The number of carbonyl (C=O) groups excluding carboxylic acids is 1. The lowest BCUT2D eigenvalue weighted by Crippen LogP contribution is -2.32. The highest BCUT2D eigenvalue weighted by atomic mass is 16.5. The Kier molecular flexibility index (Phi) is 4.16. The van der Waals surface area contributed by atoms with Gasteiger partial charge >= 0.3 is 5.97 Å². The number of hydrogen-bond donors (Lipinski definition) is 2. The zero-order valence-corrected chi connectivity index (χ0v) is 14.7. The topological polar surface area (TPSA) is 94.4 Å². The van der Waals surface area contributed by atoms with Gasteiger partial charge in [-0.2, -0.15) is 0 Å². The van der Waals surface area contributed by atoms with E-state index < -0.39 is 11.9 Å². The lowest BCUT2D eigenvalue weighted by atomic mass is 9.83. The van der Waals surface area contributed by atoms with Crippen molar-refractivity contribution in [1.29, 1.82) is 0 Å². The minimum atomic E-state index is -0.678. The van der Waals surface area contributed by atoms with E-state index in [0.717, 1.165) is 10.9 Å². The summed E-state index contributed by atoms with van der Waals surface area (Å²) in [4.78, 5) is 28.4. The second-order valence-corrected chi connectivity index (χ2v) is 6.19. The number of rotatable bonds is 3. The van der Waals surface area contributed by atoms with Crippen molar-refractivity contribution < 1.29 is 14.3 Å². The lowest BCUT2D eigenvalue weighted by Gasteiger charge is -2.28. The Hall–Kier alpha value is -3.54. The Morgan fingerprint density at radius 1 is 1.15 bits per heavy atom. The number of H-pyrrole nitrogens is 1. The van der Waals surface area contributed by atoms with Crippen molar-refractivity contribution in [2.75, 3.05) is 6.61 Å². The fraction of sp³-hybridized carbons (Fsp3) is 0.143. The van der Waals surface area contributed by atoms with Gasteiger partial charge < -0.3 is 20.2 Å². The number of nitrogens with two attached hydrogens (primary N) is 1. The summed E-state index contributed by atoms with van der Waals surface area (Å²) < 4.78 is 11.0. The van der Waals surface area contributed by atoms with Crippen LogP contribution in [0.2, 0.25) is 0 Å². The quantitative estimate of drug-likeness (QED) is 0.699. The normalized spacial score (nSPS) is 16.0. The molecule has 0 saturated carbocycles. The molecule has 136 valence electrons. The Balaban J connectivity index is 2.04. The van der Waals surface area contributed by atoms with Gasteiger partial charge in [0.2, 0.25) is 5.88 Å². The summed E-state index contributed by atoms with van der Waals surface area (Å²) in [6.45, 7) is 1.90. The third-order valence-corrected chi connectivity index (χ3v) is 4.59. The molecule has 0 amide bonds. The fourth-order valence-electron chi connectivity index (χ4n) is 3.46. The molecule has 0 spiro atoms. The van der Waals surface area contributed by atoms with Crippen molar-refractivity contribution in [2.45, 2.75) is 12.8 Å². The van der Waals surface area contributed by atoms with Crippen LogP contribution in [0.15, 0.2) is 70.8 Å². The van der Waals surface area contributed by atoms with Crippen LogP contribution in [0.1, 0.15) is 24.0 Å². The van der Waals surface area contributed by atoms with Gasteiger partial charge in [0.05, 0.1) is 23.6 Å². The van der Waals surface area contributed by atoms with Crippen LogP contribution in [0.4, 0.5) is 0 Å². The molecular weight excluding hydrogens is 344 g/mol. The van der Waals surface area contributed by atoms with Crippen molar-refractivity contribution in [3.05, 3.63) is 87.5 Å². The first kappa shape index (κ1) is 16.9. The molecule has 0 bridgehead atoms. The predicted molar refractivity (Wildman–Crippen MR) is 101 cm³/mol. The number of benzene rings is 2. The monoisotopic (exact) mass is 362 g/mol. The molecule has 1 aromatic heterocycles. The minimum absolute atomic E-state index is 0.0504. The molecule has 0 unspecified atom stereocenters. The molecule has 1 atom stereocenters. The molecule has 1 aliphatic rings. The Labute approximate surface area is 155 Å². The molecule has 2 aromatic carbocycles. The second-order valence-electron chi connectivity index (χ2n) is 6.19. The van der Waals surface area contributed by atoms with Gasteiger partial charge in [-0.05, 0) is 24.6 Å². The summed E-state index contributed by atoms with van der Waals surface area (Å²) >= 11 is 0. The van der Waals surface area contributed by atoms with Crippen LogP contribution in [0.3, 0.4) is 0 Å². The van der Waals surface area contributed by atoms with Gasteiger partial charge in [-0.15, -0.1) is 0 Å². The smallest absolute Gasteiger partial charge is 0.340 e. The molecule has 3 N–H and O–H groups in total. The van der Waals surface area contributed by atoms with Crippen LogP contribution in [-0.2, 0) is 9.53 Å². The first-order chi connectivity index (χ1) is 13.1. The highest BCUT2D eigenvalue weighted by molar-refractivity contribution is 5.95. The maximum Gasteiger partial charge on any atom is 0.340 e. The number of aromatic amines is 1. The van der Waals surface area contributed by atoms with Gasteiger partial charge in [0.25, 0.3) is 5.56 Å².